The van der Waals surface area contributed by atoms with Crippen LogP contribution >= 0.6 is 0 Å². The minimum atomic E-state index is -0.323. The number of ketones is 1. The van der Waals surface area contributed by atoms with Crippen molar-refractivity contribution in [1.29, 1.82) is 0 Å². The molecule has 0 radical (unpaired) electrons. The van der Waals surface area contributed by atoms with Gasteiger partial charge in [-0.05, 0) is 36.8 Å². The fourth-order valence-electron chi connectivity index (χ4n) is 1.69. The van der Waals surface area contributed by atoms with E-state index in [-0.39, 0.29) is 29.5 Å². The first-order chi connectivity index (χ1) is 9.06. The Morgan fingerprint density at radius 1 is 1.26 bits per heavy atom. The maximum Gasteiger partial charge on any atom is 0.163 e. The summed E-state index contributed by atoms with van der Waals surface area (Å²) in [7, 11) is 0. The fourth-order valence-corrected chi connectivity index (χ4v) is 1.69. The van der Waals surface area contributed by atoms with Gasteiger partial charge in [-0.3, -0.25) is 4.79 Å². The third-order valence-electron chi connectivity index (χ3n) is 2.64. The van der Waals surface area contributed by atoms with Crippen molar-refractivity contribution in [2.24, 2.45) is 0 Å². The van der Waals surface area contributed by atoms with Gasteiger partial charge in [-0.1, -0.05) is 12.1 Å². The second-order valence-electron chi connectivity index (χ2n) is 4.15. The zero-order valence-electron chi connectivity index (χ0n) is 10.4. The molecule has 0 aliphatic carbocycles. The van der Waals surface area contributed by atoms with E-state index >= 15 is 0 Å². The number of carbonyl (C=O) groups is 1. The van der Waals surface area contributed by atoms with Crippen LogP contribution in [-0.4, -0.2) is 10.9 Å². The number of ether oxygens (including phenoxy) is 1. The van der Waals surface area contributed by atoms with E-state index in [9.17, 15) is 14.3 Å². The van der Waals surface area contributed by atoms with Crippen molar-refractivity contribution in [3.63, 3.8) is 0 Å². The minimum absolute atomic E-state index is 0.121. The van der Waals surface area contributed by atoms with E-state index in [1.54, 1.807) is 18.2 Å². The van der Waals surface area contributed by atoms with Crippen LogP contribution in [0, 0.1) is 5.82 Å². The largest absolute Gasteiger partial charge is 0.507 e. The van der Waals surface area contributed by atoms with E-state index in [1.165, 1.54) is 31.2 Å². The molecule has 0 unspecified atom stereocenters. The molecule has 0 atom stereocenters. The Hall–Kier alpha value is -2.36. The molecule has 2 aromatic rings. The molecule has 1 N–H and O–H groups in total. The van der Waals surface area contributed by atoms with Crippen molar-refractivity contribution in [3.05, 3.63) is 59.4 Å². The summed E-state index contributed by atoms with van der Waals surface area (Å²) in [6.07, 6.45) is 0. The Kier molecular flexibility index (Phi) is 3.80. The third kappa shape index (κ3) is 3.31. The minimum Gasteiger partial charge on any atom is -0.507 e. The molecule has 0 aliphatic rings. The first-order valence-electron chi connectivity index (χ1n) is 5.77. The Bertz CT molecular complexity index is 608. The molecule has 0 aliphatic heterocycles. The number of hydrogen-bond donors (Lipinski definition) is 1. The summed E-state index contributed by atoms with van der Waals surface area (Å²) < 4.78 is 18.4. The molecule has 0 fully saturated rings. The maximum absolute atomic E-state index is 13.0. The normalized spacial score (nSPS) is 10.2. The Morgan fingerprint density at radius 3 is 2.68 bits per heavy atom. The Labute approximate surface area is 110 Å². The molecular formula is C15H13FO3. The van der Waals surface area contributed by atoms with Crippen molar-refractivity contribution >= 4 is 5.78 Å². The number of hydrogen-bond acceptors (Lipinski definition) is 3. The molecule has 0 spiro atoms. The van der Waals surface area contributed by atoms with Gasteiger partial charge in [-0.25, -0.2) is 4.39 Å². The Balaban J connectivity index is 2.08. The lowest BCUT2D eigenvalue weighted by Gasteiger charge is -2.08. The summed E-state index contributed by atoms with van der Waals surface area (Å²) in [5.41, 5.74) is 0.938. The van der Waals surface area contributed by atoms with Gasteiger partial charge in [0.05, 0.1) is 5.56 Å². The average Bonchev–Trinajstić information content (AvgIpc) is 2.36. The van der Waals surface area contributed by atoms with Crippen molar-refractivity contribution < 1.29 is 19.0 Å². The van der Waals surface area contributed by atoms with Gasteiger partial charge >= 0.3 is 0 Å². The molecule has 19 heavy (non-hydrogen) atoms. The molecule has 4 heteroatoms. The van der Waals surface area contributed by atoms with Gasteiger partial charge in [0.2, 0.25) is 0 Å². The van der Waals surface area contributed by atoms with E-state index in [0.29, 0.717) is 11.3 Å². The predicted octanol–water partition coefficient (Wildman–Crippen LogP) is 3.31. The summed E-state index contributed by atoms with van der Waals surface area (Å²) in [5, 5.41) is 9.64. The quantitative estimate of drug-likeness (QED) is 0.858. The van der Waals surface area contributed by atoms with Crippen LogP contribution in [0.5, 0.6) is 11.5 Å². The molecule has 0 heterocycles. The van der Waals surface area contributed by atoms with E-state index in [0.717, 1.165) is 0 Å². The number of halogens is 1. The van der Waals surface area contributed by atoms with Gasteiger partial charge in [0.1, 0.15) is 23.9 Å². The monoisotopic (exact) mass is 260 g/mol. The second-order valence-corrected chi connectivity index (χ2v) is 4.15. The molecular weight excluding hydrogens is 247 g/mol. The number of phenolic OH excluding ortho intramolecular Hbond substituents is 1. The van der Waals surface area contributed by atoms with Crippen molar-refractivity contribution in [2.45, 2.75) is 13.5 Å². The van der Waals surface area contributed by atoms with Gasteiger partial charge in [0, 0.05) is 6.07 Å². The molecule has 0 aromatic heterocycles. The highest BCUT2D eigenvalue weighted by Crippen LogP contribution is 2.24. The zero-order chi connectivity index (χ0) is 13.8. The van der Waals surface area contributed by atoms with E-state index in [4.69, 9.17) is 4.74 Å². The summed E-state index contributed by atoms with van der Waals surface area (Å²) in [6.45, 7) is 1.57. The number of aromatic hydroxyl groups is 1. The lowest BCUT2D eigenvalue weighted by atomic mass is 10.1. The van der Waals surface area contributed by atoms with Gasteiger partial charge in [-0.2, -0.15) is 0 Å². The molecule has 0 bridgehead atoms. The van der Waals surface area contributed by atoms with Crippen LogP contribution in [0.2, 0.25) is 0 Å². The fraction of sp³-hybridized carbons (Fsp3) is 0.133. The second kappa shape index (κ2) is 5.52. The van der Waals surface area contributed by atoms with E-state index in [1.807, 2.05) is 0 Å². The summed E-state index contributed by atoms with van der Waals surface area (Å²) in [4.78, 5) is 11.2. The molecule has 0 amide bonds. The van der Waals surface area contributed by atoms with Crippen LogP contribution in [0.15, 0.2) is 42.5 Å². The van der Waals surface area contributed by atoms with Gasteiger partial charge in [-0.15, -0.1) is 0 Å². The van der Waals surface area contributed by atoms with Gasteiger partial charge < -0.3 is 9.84 Å². The molecule has 0 saturated carbocycles. The molecule has 3 nitrogen and oxygen atoms in total. The first-order valence-corrected chi connectivity index (χ1v) is 5.77. The van der Waals surface area contributed by atoms with Gasteiger partial charge in [0.25, 0.3) is 0 Å². The van der Waals surface area contributed by atoms with Crippen LogP contribution in [0.3, 0.4) is 0 Å². The van der Waals surface area contributed by atoms with Crippen LogP contribution in [0.25, 0.3) is 0 Å². The molecule has 2 aromatic carbocycles. The van der Waals surface area contributed by atoms with Crippen LogP contribution in [0.4, 0.5) is 4.39 Å². The zero-order valence-corrected chi connectivity index (χ0v) is 10.4. The standard InChI is InChI=1S/C15H13FO3/c1-10(17)14-6-5-13(8-15(14)18)19-9-11-3-2-4-12(16)7-11/h2-8,18H,9H2,1H3. The van der Waals surface area contributed by atoms with Crippen LogP contribution in [-0.2, 0) is 6.61 Å². The predicted molar refractivity (Wildman–Crippen MR) is 68.8 cm³/mol. The lowest BCUT2D eigenvalue weighted by molar-refractivity contribution is 0.101. The summed E-state index contributed by atoms with van der Waals surface area (Å²) in [6, 6.07) is 10.5. The van der Waals surface area contributed by atoms with E-state index < -0.39 is 0 Å². The summed E-state index contributed by atoms with van der Waals surface area (Å²) in [5.74, 6) is -0.235. The third-order valence-corrected chi connectivity index (χ3v) is 2.64. The molecule has 98 valence electrons. The smallest absolute Gasteiger partial charge is 0.163 e. The van der Waals surface area contributed by atoms with Crippen molar-refractivity contribution in [1.82, 2.24) is 0 Å². The van der Waals surface area contributed by atoms with Crippen LogP contribution in [0.1, 0.15) is 22.8 Å². The number of Topliss-reactive ketones (excluding diaryl/α,β-unsaturated/α-hetero) is 1. The Morgan fingerprint density at radius 2 is 2.05 bits per heavy atom. The lowest BCUT2D eigenvalue weighted by Crippen LogP contribution is -1.97. The highest BCUT2D eigenvalue weighted by molar-refractivity contribution is 5.96. The first kappa shape index (κ1) is 13.1. The van der Waals surface area contributed by atoms with Crippen LogP contribution < -0.4 is 4.74 Å². The maximum atomic E-state index is 13.0. The molecule has 2 rings (SSSR count). The highest BCUT2D eigenvalue weighted by Gasteiger charge is 2.07. The van der Waals surface area contributed by atoms with Crippen molar-refractivity contribution in [3.8, 4) is 11.5 Å². The average molecular weight is 260 g/mol. The molecule has 0 saturated heterocycles. The number of rotatable bonds is 4. The van der Waals surface area contributed by atoms with Gasteiger partial charge in [0.15, 0.2) is 5.78 Å². The topological polar surface area (TPSA) is 46.5 Å². The number of benzene rings is 2. The number of carbonyl (C=O) groups excluding carboxylic acids is 1. The SMILES string of the molecule is CC(=O)c1ccc(OCc2cccc(F)c2)cc1O. The van der Waals surface area contributed by atoms with E-state index in [2.05, 4.69) is 0 Å². The van der Waals surface area contributed by atoms with Crippen molar-refractivity contribution in [2.75, 3.05) is 0 Å². The number of phenols is 1. The summed E-state index contributed by atoms with van der Waals surface area (Å²) >= 11 is 0. The highest BCUT2D eigenvalue weighted by atomic mass is 19.1.